The SMILES string of the molecule is CCC(C)C(=O)OCCOCCOc1ccc(C=Nc2ccc(C(=O)Oc3ccc(C#N)cc3)cc2)cc1. The van der Waals surface area contributed by atoms with Crippen molar-refractivity contribution >= 4 is 23.8 Å². The average Bonchev–Trinajstić information content (AvgIpc) is 2.96. The van der Waals surface area contributed by atoms with Crippen molar-refractivity contribution in [2.75, 3.05) is 26.4 Å². The van der Waals surface area contributed by atoms with Crippen LogP contribution in [0.1, 0.15) is 41.8 Å². The van der Waals surface area contributed by atoms with Gasteiger partial charge in [-0.3, -0.25) is 9.79 Å². The first-order chi connectivity index (χ1) is 18.5. The Morgan fingerprint density at radius 3 is 2.21 bits per heavy atom. The third-order valence-electron chi connectivity index (χ3n) is 5.52. The second kappa shape index (κ2) is 14.9. The molecule has 3 rings (SSSR count). The molecule has 0 aliphatic carbocycles. The van der Waals surface area contributed by atoms with Gasteiger partial charge in [0.15, 0.2) is 0 Å². The van der Waals surface area contributed by atoms with Crippen molar-refractivity contribution in [3.8, 4) is 17.6 Å². The number of hydrogen-bond donors (Lipinski definition) is 0. The largest absolute Gasteiger partial charge is 0.491 e. The molecule has 0 fully saturated rings. The number of benzene rings is 3. The number of carbonyl (C=O) groups excluding carboxylic acids is 2. The van der Waals surface area contributed by atoms with Gasteiger partial charge < -0.3 is 18.9 Å². The van der Waals surface area contributed by atoms with Crippen molar-refractivity contribution in [3.05, 3.63) is 89.5 Å². The average molecular weight is 515 g/mol. The van der Waals surface area contributed by atoms with Crippen LogP contribution in [0.2, 0.25) is 0 Å². The highest BCUT2D eigenvalue weighted by Gasteiger charge is 2.11. The molecule has 0 amide bonds. The van der Waals surface area contributed by atoms with Crippen LogP contribution in [0.5, 0.6) is 11.5 Å². The summed E-state index contributed by atoms with van der Waals surface area (Å²) in [4.78, 5) is 28.3. The van der Waals surface area contributed by atoms with Crippen molar-refractivity contribution < 1.29 is 28.5 Å². The molecule has 0 aromatic heterocycles. The summed E-state index contributed by atoms with van der Waals surface area (Å²) in [6.07, 6.45) is 2.48. The summed E-state index contributed by atoms with van der Waals surface area (Å²) >= 11 is 0. The predicted octanol–water partition coefficient (Wildman–Crippen LogP) is 5.51. The number of ether oxygens (including phenoxy) is 4. The van der Waals surface area contributed by atoms with Crippen molar-refractivity contribution in [3.63, 3.8) is 0 Å². The van der Waals surface area contributed by atoms with Gasteiger partial charge in [-0.15, -0.1) is 0 Å². The van der Waals surface area contributed by atoms with E-state index in [2.05, 4.69) is 4.99 Å². The van der Waals surface area contributed by atoms with E-state index in [0.29, 0.717) is 48.1 Å². The van der Waals surface area contributed by atoms with Crippen molar-refractivity contribution in [2.45, 2.75) is 20.3 Å². The highest BCUT2D eigenvalue weighted by Crippen LogP contribution is 2.18. The Labute approximate surface area is 222 Å². The molecule has 3 aromatic carbocycles. The highest BCUT2D eigenvalue weighted by molar-refractivity contribution is 5.91. The van der Waals surface area contributed by atoms with Crippen LogP contribution in [-0.4, -0.2) is 44.6 Å². The molecule has 0 bridgehead atoms. The molecule has 0 saturated heterocycles. The van der Waals surface area contributed by atoms with E-state index in [1.54, 1.807) is 54.7 Å². The lowest BCUT2D eigenvalue weighted by Crippen LogP contribution is -2.18. The second-order valence-corrected chi connectivity index (χ2v) is 8.34. The molecule has 0 radical (unpaired) electrons. The topological polar surface area (TPSA) is 107 Å². The van der Waals surface area contributed by atoms with Crippen LogP contribution in [0, 0.1) is 17.2 Å². The van der Waals surface area contributed by atoms with Crippen LogP contribution in [0.4, 0.5) is 5.69 Å². The Bertz CT molecular complexity index is 1250. The van der Waals surface area contributed by atoms with Gasteiger partial charge in [0, 0.05) is 6.21 Å². The van der Waals surface area contributed by atoms with Gasteiger partial charge in [0.05, 0.1) is 42.0 Å². The molecule has 3 aromatic rings. The maximum absolute atomic E-state index is 12.3. The van der Waals surface area contributed by atoms with Crippen molar-refractivity contribution in [2.24, 2.45) is 10.9 Å². The summed E-state index contributed by atoms with van der Waals surface area (Å²) in [5.41, 5.74) is 2.47. The minimum Gasteiger partial charge on any atom is -0.491 e. The summed E-state index contributed by atoms with van der Waals surface area (Å²) < 4.78 is 21.5. The Kier molecular flexibility index (Phi) is 11.0. The lowest BCUT2D eigenvalue weighted by Gasteiger charge is -2.10. The van der Waals surface area contributed by atoms with E-state index < -0.39 is 5.97 Å². The Hall–Kier alpha value is -4.48. The van der Waals surface area contributed by atoms with Crippen LogP contribution in [0.15, 0.2) is 77.8 Å². The smallest absolute Gasteiger partial charge is 0.343 e. The summed E-state index contributed by atoms with van der Waals surface area (Å²) in [6, 6.07) is 22.6. The molecule has 0 saturated carbocycles. The third-order valence-corrected chi connectivity index (χ3v) is 5.52. The van der Waals surface area contributed by atoms with Crippen LogP contribution >= 0.6 is 0 Å². The molecule has 1 unspecified atom stereocenters. The molecule has 0 aliphatic heterocycles. The summed E-state index contributed by atoms with van der Waals surface area (Å²) in [7, 11) is 0. The number of esters is 2. The molecule has 8 nitrogen and oxygen atoms in total. The van der Waals surface area contributed by atoms with Crippen LogP contribution < -0.4 is 9.47 Å². The van der Waals surface area contributed by atoms with Crippen molar-refractivity contribution in [1.29, 1.82) is 5.26 Å². The van der Waals surface area contributed by atoms with Gasteiger partial charge in [0.2, 0.25) is 0 Å². The maximum atomic E-state index is 12.3. The zero-order valence-corrected chi connectivity index (χ0v) is 21.5. The summed E-state index contributed by atoms with van der Waals surface area (Å²) in [6.45, 7) is 5.13. The summed E-state index contributed by atoms with van der Waals surface area (Å²) in [5.74, 6) is 0.296. The van der Waals surface area contributed by atoms with E-state index >= 15 is 0 Å². The predicted molar refractivity (Wildman–Crippen MR) is 143 cm³/mol. The number of hydrogen-bond acceptors (Lipinski definition) is 8. The van der Waals surface area contributed by atoms with Gasteiger partial charge in [-0.1, -0.05) is 13.8 Å². The lowest BCUT2D eigenvalue weighted by molar-refractivity contribution is -0.149. The van der Waals surface area contributed by atoms with Crippen molar-refractivity contribution in [1.82, 2.24) is 0 Å². The van der Waals surface area contributed by atoms with Gasteiger partial charge in [-0.2, -0.15) is 5.26 Å². The molecule has 0 spiro atoms. The minimum atomic E-state index is -0.490. The zero-order chi connectivity index (χ0) is 27.2. The minimum absolute atomic E-state index is 0.0929. The number of nitriles is 1. The molecule has 1 atom stereocenters. The molecule has 38 heavy (non-hydrogen) atoms. The molecule has 8 heteroatoms. The standard InChI is InChI=1S/C30H30N2O6/c1-3-22(2)29(33)37-19-17-35-16-18-36-27-12-6-24(7-13-27)21-32-26-10-8-25(9-11-26)30(34)38-28-14-4-23(20-31)5-15-28/h4-15,21-22H,3,16-19H2,1-2H3. The Morgan fingerprint density at radius 1 is 0.895 bits per heavy atom. The molecule has 0 heterocycles. The second-order valence-electron chi connectivity index (χ2n) is 8.34. The van der Waals surface area contributed by atoms with Gasteiger partial charge in [-0.05, 0) is 84.8 Å². The molecular formula is C30H30N2O6. The third kappa shape index (κ3) is 9.19. The normalized spacial score (nSPS) is 11.5. The van der Waals surface area contributed by atoms with Crippen LogP contribution in [0.25, 0.3) is 0 Å². The van der Waals surface area contributed by atoms with Gasteiger partial charge in [0.1, 0.15) is 24.7 Å². The maximum Gasteiger partial charge on any atom is 0.343 e. The molecule has 0 aliphatic rings. The highest BCUT2D eigenvalue weighted by atomic mass is 16.6. The fourth-order valence-electron chi connectivity index (χ4n) is 3.08. The van der Waals surface area contributed by atoms with E-state index in [9.17, 15) is 9.59 Å². The first kappa shape index (κ1) is 28.1. The van der Waals surface area contributed by atoms with E-state index in [0.717, 1.165) is 12.0 Å². The van der Waals surface area contributed by atoms with Gasteiger partial charge >= 0.3 is 11.9 Å². The first-order valence-electron chi connectivity index (χ1n) is 12.3. The molecule has 0 N–H and O–H groups in total. The van der Waals surface area contributed by atoms with E-state index in [-0.39, 0.29) is 18.5 Å². The van der Waals surface area contributed by atoms with Crippen LogP contribution in [-0.2, 0) is 14.3 Å². The lowest BCUT2D eigenvalue weighted by atomic mass is 10.1. The zero-order valence-electron chi connectivity index (χ0n) is 21.5. The number of nitrogens with zero attached hydrogens (tertiary/aromatic N) is 2. The quantitative estimate of drug-likeness (QED) is 0.128. The summed E-state index contributed by atoms with van der Waals surface area (Å²) in [5, 5.41) is 8.84. The fraction of sp³-hybridized carbons (Fsp3) is 0.267. The number of carbonyl (C=O) groups is 2. The van der Waals surface area contributed by atoms with E-state index in [1.807, 2.05) is 44.2 Å². The fourth-order valence-corrected chi connectivity index (χ4v) is 3.08. The number of aliphatic imine (C=N–C) groups is 1. The van der Waals surface area contributed by atoms with Gasteiger partial charge in [-0.25, -0.2) is 4.79 Å². The van der Waals surface area contributed by atoms with Gasteiger partial charge in [0.25, 0.3) is 0 Å². The monoisotopic (exact) mass is 514 g/mol. The van der Waals surface area contributed by atoms with E-state index in [4.69, 9.17) is 24.2 Å². The Morgan fingerprint density at radius 2 is 1.55 bits per heavy atom. The van der Waals surface area contributed by atoms with E-state index in [1.165, 1.54) is 0 Å². The molecule has 196 valence electrons. The Balaban J connectivity index is 1.38. The molecular weight excluding hydrogens is 484 g/mol. The first-order valence-corrected chi connectivity index (χ1v) is 12.3. The number of rotatable bonds is 13. The van der Waals surface area contributed by atoms with Crippen LogP contribution in [0.3, 0.4) is 0 Å².